The summed E-state index contributed by atoms with van der Waals surface area (Å²) in [5.74, 6) is 0. The van der Waals surface area contributed by atoms with E-state index in [0.29, 0.717) is 5.25 Å². The molecule has 1 aromatic rings. The molecule has 0 radical (unpaired) electrons. The van der Waals surface area contributed by atoms with Crippen molar-refractivity contribution in [2.75, 3.05) is 5.73 Å². The van der Waals surface area contributed by atoms with Crippen molar-refractivity contribution in [3.63, 3.8) is 0 Å². The van der Waals surface area contributed by atoms with Gasteiger partial charge in [0, 0.05) is 20.3 Å². The topological polar surface area (TPSA) is 26.0 Å². The van der Waals surface area contributed by atoms with Crippen LogP contribution in [0.5, 0.6) is 0 Å². The zero-order valence-electron chi connectivity index (χ0n) is 7.46. The maximum atomic E-state index is 5.84. The van der Waals surface area contributed by atoms with E-state index in [2.05, 4.69) is 29.4 Å². The van der Waals surface area contributed by atoms with Crippen LogP contribution in [0.1, 0.15) is 6.92 Å². The molecule has 1 nitrogen and oxygen atoms in total. The Kier molecular flexibility index (Phi) is 3.88. The number of thioether (sulfide) groups is 1. The summed E-state index contributed by atoms with van der Waals surface area (Å²) in [4.78, 5) is 1.11. The van der Waals surface area contributed by atoms with Crippen LogP contribution in [-0.4, -0.2) is 5.25 Å². The van der Waals surface area contributed by atoms with Crippen molar-refractivity contribution in [3.05, 3.63) is 35.3 Å². The first-order valence-corrected chi connectivity index (χ1v) is 5.65. The number of rotatable bonds is 3. The lowest BCUT2D eigenvalue weighted by atomic mass is 10.3. The Labute approximate surface area is 91.5 Å². The van der Waals surface area contributed by atoms with E-state index in [1.807, 2.05) is 24.3 Å². The SMILES string of the molecule is C=CC(C)Sc1ccc(Br)cc1N. The quantitative estimate of drug-likeness (QED) is 0.508. The van der Waals surface area contributed by atoms with E-state index in [0.717, 1.165) is 15.1 Å². The smallest absolute Gasteiger partial charge is 0.0463 e. The molecule has 0 amide bonds. The molecule has 1 aromatic carbocycles. The van der Waals surface area contributed by atoms with Crippen LogP contribution in [0, 0.1) is 0 Å². The minimum atomic E-state index is 0.392. The molecule has 0 aliphatic rings. The van der Waals surface area contributed by atoms with Gasteiger partial charge in [-0.15, -0.1) is 18.3 Å². The van der Waals surface area contributed by atoms with Crippen LogP contribution in [0.3, 0.4) is 0 Å². The molecule has 1 unspecified atom stereocenters. The second kappa shape index (κ2) is 4.72. The summed E-state index contributed by atoms with van der Waals surface area (Å²) < 4.78 is 1.01. The molecule has 1 rings (SSSR count). The van der Waals surface area contributed by atoms with Crippen molar-refractivity contribution in [1.82, 2.24) is 0 Å². The number of anilines is 1. The Morgan fingerprint density at radius 1 is 1.62 bits per heavy atom. The summed E-state index contributed by atoms with van der Waals surface area (Å²) in [5.41, 5.74) is 6.65. The number of hydrogen-bond acceptors (Lipinski definition) is 2. The Balaban J connectivity index is 2.83. The minimum absolute atomic E-state index is 0.392. The van der Waals surface area contributed by atoms with Gasteiger partial charge in [0.05, 0.1) is 0 Å². The second-order valence-electron chi connectivity index (χ2n) is 2.74. The first kappa shape index (κ1) is 10.7. The monoisotopic (exact) mass is 257 g/mol. The Hall–Kier alpha value is -0.410. The zero-order chi connectivity index (χ0) is 9.84. The molecule has 13 heavy (non-hydrogen) atoms. The van der Waals surface area contributed by atoms with Gasteiger partial charge >= 0.3 is 0 Å². The van der Waals surface area contributed by atoms with E-state index < -0.39 is 0 Å². The van der Waals surface area contributed by atoms with Crippen molar-refractivity contribution < 1.29 is 0 Å². The average molecular weight is 258 g/mol. The summed E-state index contributed by atoms with van der Waals surface area (Å²) in [7, 11) is 0. The number of halogens is 1. The van der Waals surface area contributed by atoms with Crippen molar-refractivity contribution in [2.24, 2.45) is 0 Å². The van der Waals surface area contributed by atoms with E-state index >= 15 is 0 Å². The maximum absolute atomic E-state index is 5.84. The number of nitrogen functional groups attached to an aromatic ring is 1. The van der Waals surface area contributed by atoms with Crippen LogP contribution in [0.25, 0.3) is 0 Å². The molecule has 0 spiro atoms. The molecular formula is C10H12BrNS. The highest BCUT2D eigenvalue weighted by atomic mass is 79.9. The molecule has 0 bridgehead atoms. The van der Waals surface area contributed by atoms with E-state index in [9.17, 15) is 0 Å². The molecule has 0 fully saturated rings. The summed E-state index contributed by atoms with van der Waals surface area (Å²) in [6.45, 7) is 5.83. The van der Waals surface area contributed by atoms with E-state index in [-0.39, 0.29) is 0 Å². The van der Waals surface area contributed by atoms with Gasteiger partial charge in [0.1, 0.15) is 0 Å². The fraction of sp³-hybridized carbons (Fsp3) is 0.200. The van der Waals surface area contributed by atoms with Crippen LogP contribution in [0.2, 0.25) is 0 Å². The Bertz CT molecular complexity index is 312. The summed E-state index contributed by atoms with van der Waals surface area (Å²) >= 11 is 5.09. The molecule has 0 saturated heterocycles. The largest absolute Gasteiger partial charge is 0.398 e. The Morgan fingerprint density at radius 2 is 2.31 bits per heavy atom. The van der Waals surface area contributed by atoms with Gasteiger partial charge in [-0.25, -0.2) is 0 Å². The number of benzene rings is 1. The van der Waals surface area contributed by atoms with E-state index in [1.165, 1.54) is 0 Å². The van der Waals surface area contributed by atoms with Crippen molar-refractivity contribution in [1.29, 1.82) is 0 Å². The van der Waals surface area contributed by atoms with Crippen LogP contribution >= 0.6 is 27.7 Å². The van der Waals surface area contributed by atoms with Gasteiger partial charge in [-0.1, -0.05) is 22.0 Å². The van der Waals surface area contributed by atoms with Crippen molar-refractivity contribution >= 4 is 33.4 Å². The number of nitrogens with two attached hydrogens (primary N) is 1. The Morgan fingerprint density at radius 3 is 2.85 bits per heavy atom. The predicted octanol–water partition coefficient (Wildman–Crippen LogP) is 3.70. The normalized spacial score (nSPS) is 12.5. The van der Waals surface area contributed by atoms with Gasteiger partial charge in [-0.3, -0.25) is 0 Å². The summed E-state index contributed by atoms with van der Waals surface area (Å²) in [6.07, 6.45) is 1.91. The van der Waals surface area contributed by atoms with Crippen LogP contribution < -0.4 is 5.73 Å². The lowest BCUT2D eigenvalue weighted by Crippen LogP contribution is -1.93. The lowest BCUT2D eigenvalue weighted by Gasteiger charge is -2.08. The fourth-order valence-corrected chi connectivity index (χ4v) is 2.09. The maximum Gasteiger partial charge on any atom is 0.0463 e. The molecule has 3 heteroatoms. The third-order valence-electron chi connectivity index (χ3n) is 1.62. The van der Waals surface area contributed by atoms with Crippen LogP contribution in [-0.2, 0) is 0 Å². The summed E-state index contributed by atoms with van der Waals surface area (Å²) in [5, 5.41) is 0.392. The number of hydrogen-bond donors (Lipinski definition) is 1. The third-order valence-corrected chi connectivity index (χ3v) is 3.30. The first-order valence-electron chi connectivity index (χ1n) is 3.97. The van der Waals surface area contributed by atoms with E-state index in [4.69, 9.17) is 5.73 Å². The molecule has 0 aromatic heterocycles. The fourth-order valence-electron chi connectivity index (χ4n) is 0.875. The van der Waals surface area contributed by atoms with Gasteiger partial charge in [-0.05, 0) is 25.1 Å². The van der Waals surface area contributed by atoms with Crippen molar-refractivity contribution in [3.8, 4) is 0 Å². The summed E-state index contributed by atoms with van der Waals surface area (Å²) in [6, 6.07) is 5.93. The highest BCUT2D eigenvalue weighted by Gasteiger charge is 2.03. The lowest BCUT2D eigenvalue weighted by molar-refractivity contribution is 1.24. The highest BCUT2D eigenvalue weighted by molar-refractivity contribution is 9.10. The van der Waals surface area contributed by atoms with Crippen LogP contribution in [0.4, 0.5) is 5.69 Å². The molecule has 0 aliphatic heterocycles. The minimum Gasteiger partial charge on any atom is -0.398 e. The highest BCUT2D eigenvalue weighted by Crippen LogP contribution is 2.30. The van der Waals surface area contributed by atoms with Crippen LogP contribution in [0.15, 0.2) is 40.2 Å². The molecule has 0 heterocycles. The van der Waals surface area contributed by atoms with E-state index in [1.54, 1.807) is 11.8 Å². The predicted molar refractivity (Wildman–Crippen MR) is 64.1 cm³/mol. The molecule has 2 N–H and O–H groups in total. The van der Waals surface area contributed by atoms with Gasteiger partial charge < -0.3 is 5.73 Å². The van der Waals surface area contributed by atoms with Gasteiger partial charge in [-0.2, -0.15) is 0 Å². The third kappa shape index (κ3) is 3.08. The first-order chi connectivity index (χ1) is 6.13. The molecule has 1 atom stereocenters. The molecule has 70 valence electrons. The van der Waals surface area contributed by atoms with Crippen molar-refractivity contribution in [2.45, 2.75) is 17.1 Å². The molecule has 0 aliphatic carbocycles. The standard InChI is InChI=1S/C10H12BrNS/c1-3-7(2)13-10-5-4-8(11)6-9(10)12/h3-7H,1,12H2,2H3. The molecule has 0 saturated carbocycles. The zero-order valence-corrected chi connectivity index (χ0v) is 9.86. The van der Waals surface area contributed by atoms with Gasteiger partial charge in [0.2, 0.25) is 0 Å². The van der Waals surface area contributed by atoms with Gasteiger partial charge in [0.15, 0.2) is 0 Å². The van der Waals surface area contributed by atoms with Gasteiger partial charge in [0.25, 0.3) is 0 Å². The average Bonchev–Trinajstić information content (AvgIpc) is 2.09. The molecular weight excluding hydrogens is 246 g/mol. The second-order valence-corrected chi connectivity index (χ2v) is 5.08.